The van der Waals surface area contributed by atoms with Crippen LogP contribution >= 0.6 is 0 Å². The number of β-lactam (4-membered cyclic amide) rings is 2. The summed E-state index contributed by atoms with van der Waals surface area (Å²) in [6.07, 6.45) is 7.32. The van der Waals surface area contributed by atoms with Crippen molar-refractivity contribution in [3.63, 3.8) is 0 Å². The van der Waals surface area contributed by atoms with Gasteiger partial charge in [0.15, 0.2) is 6.10 Å². The molecule has 13 heteroatoms. The number of aromatic nitrogens is 2. The van der Waals surface area contributed by atoms with E-state index in [9.17, 15) is 29.4 Å². The van der Waals surface area contributed by atoms with Crippen LogP contribution in [-0.2, 0) is 37.1 Å². The van der Waals surface area contributed by atoms with Crippen LogP contribution in [0, 0.1) is 10.8 Å². The molecule has 8 rings (SSSR count). The van der Waals surface area contributed by atoms with E-state index in [0.29, 0.717) is 40.9 Å². The van der Waals surface area contributed by atoms with E-state index in [1.54, 1.807) is 53.7 Å². The van der Waals surface area contributed by atoms with Crippen molar-refractivity contribution in [2.24, 2.45) is 10.8 Å². The third kappa shape index (κ3) is 8.17. The van der Waals surface area contributed by atoms with Crippen molar-refractivity contribution in [3.8, 4) is 0 Å². The predicted octanol–water partition coefficient (Wildman–Crippen LogP) is 1.02. The molecule has 2 aromatic heterocycles. The molecule has 6 heterocycles. The first-order valence-corrected chi connectivity index (χ1v) is 19.0. The fourth-order valence-corrected chi connectivity index (χ4v) is 8.63. The van der Waals surface area contributed by atoms with Crippen LogP contribution in [0.25, 0.3) is 12.2 Å². The van der Waals surface area contributed by atoms with E-state index in [1.165, 1.54) is 4.90 Å². The van der Waals surface area contributed by atoms with E-state index in [4.69, 9.17) is 9.84 Å². The van der Waals surface area contributed by atoms with Gasteiger partial charge in [-0.25, -0.2) is 4.79 Å². The summed E-state index contributed by atoms with van der Waals surface area (Å²) in [5.41, 5.74) is 4.65. The summed E-state index contributed by atoms with van der Waals surface area (Å²) in [5, 5.41) is 29.9. The number of nitrogens with zero attached hydrogens (tertiary/aromatic N) is 4. The van der Waals surface area contributed by atoms with Crippen LogP contribution in [0.3, 0.4) is 0 Å². The molecule has 0 radical (unpaired) electrons. The number of hydrogen-bond acceptors (Lipinski definition) is 10. The van der Waals surface area contributed by atoms with Crippen molar-refractivity contribution >= 4 is 35.9 Å². The zero-order valence-electron chi connectivity index (χ0n) is 33.2. The largest absolute Gasteiger partial charge is 1.00 e. The molecule has 4 aromatic rings. The number of pyridine rings is 2. The minimum absolute atomic E-state index is 0. The maximum absolute atomic E-state index is 13.6. The van der Waals surface area contributed by atoms with E-state index in [0.717, 1.165) is 16.7 Å². The Morgan fingerprint density at radius 3 is 1.57 bits per heavy atom. The van der Waals surface area contributed by atoms with Crippen LogP contribution < -0.4 is 34.7 Å². The number of esters is 1. The Balaban J connectivity index is 0.000000213. The molecule has 0 spiro atoms. The molecular weight excluding hydrogens is 748 g/mol. The van der Waals surface area contributed by atoms with E-state index >= 15 is 0 Å². The predicted molar refractivity (Wildman–Crippen MR) is 208 cm³/mol. The minimum atomic E-state index is -1.21. The SMILES string of the molecule is CC1(C)CC2/C(=C\c3cc(CO)ccn3)C(=O)N2[C@H]1C(=O)OC(c1ccccc1)c1ccccc1.CC1(C)CC2/C(=C\c3cc(CO)ccn3)C(=O)N2[C@H]1C(=O)[O-].[Na+]. The molecule has 2 unspecified atom stereocenters. The molecule has 2 N–H and O–H groups in total. The summed E-state index contributed by atoms with van der Waals surface area (Å²) < 4.78 is 6.13. The average molecular weight is 793 g/mol. The van der Waals surface area contributed by atoms with Crippen LogP contribution in [0.2, 0.25) is 0 Å². The van der Waals surface area contributed by atoms with Crippen molar-refractivity contribution < 1.29 is 68.8 Å². The van der Waals surface area contributed by atoms with E-state index < -0.39 is 41.0 Å². The smallest absolute Gasteiger partial charge is 0.548 e. The Kier molecular flexibility index (Phi) is 12.6. The number of carboxylic acid groups (broad SMARTS) is 1. The Labute approximate surface area is 359 Å². The van der Waals surface area contributed by atoms with Crippen molar-refractivity contribution in [1.29, 1.82) is 0 Å². The summed E-state index contributed by atoms with van der Waals surface area (Å²) in [7, 11) is 0. The molecule has 4 saturated heterocycles. The number of fused-ring (bicyclic) bond motifs is 2. The van der Waals surface area contributed by atoms with Gasteiger partial charge in [-0.1, -0.05) is 88.4 Å². The number of ether oxygens (including phenoxy) is 1. The van der Waals surface area contributed by atoms with Crippen LogP contribution in [0.4, 0.5) is 0 Å². The van der Waals surface area contributed by atoms with E-state index in [2.05, 4.69) is 9.97 Å². The molecule has 58 heavy (non-hydrogen) atoms. The normalized spacial score (nSPS) is 23.6. The van der Waals surface area contributed by atoms with Gasteiger partial charge in [-0.2, -0.15) is 0 Å². The topological polar surface area (TPSA) is 173 Å². The van der Waals surface area contributed by atoms with Gasteiger partial charge in [0, 0.05) is 23.5 Å². The van der Waals surface area contributed by atoms with Gasteiger partial charge in [-0.3, -0.25) is 19.6 Å². The zero-order valence-corrected chi connectivity index (χ0v) is 35.2. The number of rotatable bonds is 9. The third-order valence-electron chi connectivity index (χ3n) is 11.4. The summed E-state index contributed by atoms with van der Waals surface area (Å²) in [6, 6.07) is 24.3. The average Bonchev–Trinajstić information content (AvgIpc) is 3.63. The number of amides is 2. The summed E-state index contributed by atoms with van der Waals surface area (Å²) in [4.78, 5) is 62.0. The molecule has 12 nitrogen and oxygen atoms in total. The second kappa shape index (κ2) is 17.1. The van der Waals surface area contributed by atoms with E-state index in [-0.39, 0.29) is 66.7 Å². The number of aliphatic hydroxyl groups is 2. The van der Waals surface area contributed by atoms with Gasteiger partial charge in [0.2, 0.25) is 0 Å². The summed E-state index contributed by atoms with van der Waals surface area (Å²) in [5.74, 6) is -2.06. The van der Waals surface area contributed by atoms with Gasteiger partial charge in [-0.05, 0) is 82.3 Å². The number of benzene rings is 2. The number of hydrogen-bond donors (Lipinski definition) is 2. The quantitative estimate of drug-likeness (QED) is 0.108. The van der Waals surface area contributed by atoms with Crippen LogP contribution in [0.1, 0.15) is 80.3 Å². The fourth-order valence-electron chi connectivity index (χ4n) is 8.63. The molecule has 4 atom stereocenters. The summed E-state index contributed by atoms with van der Waals surface area (Å²) in [6.45, 7) is 7.50. The van der Waals surface area contributed by atoms with Crippen LogP contribution in [0.15, 0.2) is 108 Å². The second-order valence-electron chi connectivity index (χ2n) is 16.3. The van der Waals surface area contributed by atoms with Crippen molar-refractivity contribution in [2.75, 3.05) is 0 Å². The molecule has 294 valence electrons. The number of aliphatic hydroxyl groups excluding tert-OH is 2. The van der Waals surface area contributed by atoms with E-state index in [1.807, 2.05) is 88.4 Å². The number of aliphatic carboxylic acids is 1. The molecule has 4 aliphatic rings. The number of carboxylic acids is 1. The Morgan fingerprint density at radius 2 is 1.16 bits per heavy atom. The first-order chi connectivity index (χ1) is 27.2. The fraction of sp³-hybridized carbons (Fsp3) is 0.333. The number of carbonyl (C=O) groups excluding carboxylic acids is 4. The van der Waals surface area contributed by atoms with Crippen molar-refractivity contribution in [3.05, 3.63) is 142 Å². The Hall–Kier alpha value is -4.98. The summed E-state index contributed by atoms with van der Waals surface area (Å²) >= 11 is 0. The maximum atomic E-state index is 13.6. The molecule has 0 aliphatic carbocycles. The minimum Gasteiger partial charge on any atom is -0.548 e. The first-order valence-electron chi connectivity index (χ1n) is 19.0. The molecule has 2 aromatic carbocycles. The third-order valence-corrected chi connectivity index (χ3v) is 11.4. The maximum Gasteiger partial charge on any atom is 1.00 e. The zero-order chi connectivity index (χ0) is 40.6. The second-order valence-corrected chi connectivity index (χ2v) is 16.3. The number of carbonyl (C=O) groups is 4. The molecule has 4 aliphatic heterocycles. The molecular formula is C45H45N4NaO8. The van der Waals surface area contributed by atoms with Crippen LogP contribution in [0.5, 0.6) is 0 Å². The molecule has 2 amide bonds. The Bertz CT molecular complexity index is 2220. The van der Waals surface area contributed by atoms with Gasteiger partial charge < -0.3 is 34.7 Å². The Morgan fingerprint density at radius 1 is 0.741 bits per heavy atom. The molecule has 0 bridgehead atoms. The van der Waals surface area contributed by atoms with Gasteiger partial charge in [0.05, 0.1) is 48.7 Å². The molecule has 0 saturated carbocycles. The van der Waals surface area contributed by atoms with Gasteiger partial charge >= 0.3 is 35.5 Å². The monoisotopic (exact) mass is 792 g/mol. The first kappa shape index (κ1) is 42.6. The van der Waals surface area contributed by atoms with Gasteiger partial charge in [0.25, 0.3) is 11.8 Å². The van der Waals surface area contributed by atoms with Gasteiger partial charge in [0.1, 0.15) is 6.04 Å². The standard InChI is InChI=1S/C29H28N2O4.C16H18N2O4.Na/c1-29(2)17-24-23(16-22-15-19(18-32)13-14-30-22)27(33)31(24)26(29)28(34)35-25(20-9-5-3-6-10-20)21-11-7-4-8-12-21;1-16(2)7-12-11(14(20)18(12)13(16)15(21)22)6-10-5-9(8-19)3-4-17-10;/h3-16,24-26,32H,17-18H2,1-2H3;3-6,12-13,19H,7-8H2,1-2H3,(H,21,22);/q;;+1/p-1/b23-16+;11-6+;/t24?,26-;12?,13-;/m00./s1. The molecule has 4 fully saturated rings. The van der Waals surface area contributed by atoms with Gasteiger partial charge in [-0.15, -0.1) is 0 Å². The van der Waals surface area contributed by atoms with Crippen molar-refractivity contribution in [2.45, 2.75) is 84.0 Å². The van der Waals surface area contributed by atoms with Crippen molar-refractivity contribution in [1.82, 2.24) is 19.8 Å². The van der Waals surface area contributed by atoms with Crippen LogP contribution in [-0.4, -0.2) is 77.9 Å².